The average molecular weight is 380 g/mol. The normalized spacial score (nSPS) is 11.9. The Kier molecular flexibility index (Phi) is 6.18. The van der Waals surface area contributed by atoms with Crippen molar-refractivity contribution in [2.45, 2.75) is 13.0 Å². The molecule has 2 aromatic carbocycles. The smallest absolute Gasteiger partial charge is 0.244 e. The second kappa shape index (κ2) is 8.96. The molecular formula is C21H18ClN3O2. The zero-order valence-electron chi connectivity index (χ0n) is 14.7. The van der Waals surface area contributed by atoms with Gasteiger partial charge in [0.15, 0.2) is 0 Å². The van der Waals surface area contributed by atoms with Crippen LogP contribution < -0.4 is 10.1 Å². The molecule has 1 atom stereocenters. The molecule has 5 nitrogen and oxygen atoms in total. The quantitative estimate of drug-likeness (QED) is 0.624. The zero-order valence-corrected chi connectivity index (χ0v) is 15.4. The number of rotatable bonds is 6. The fraction of sp³-hybridized carbons (Fsp3) is 0.0952. The van der Waals surface area contributed by atoms with Crippen LogP contribution in [0.25, 0.3) is 6.08 Å². The molecule has 0 spiro atoms. The van der Waals surface area contributed by atoms with Crippen LogP contribution >= 0.6 is 11.6 Å². The van der Waals surface area contributed by atoms with Crippen molar-refractivity contribution in [2.75, 3.05) is 0 Å². The molecular weight excluding hydrogens is 362 g/mol. The van der Waals surface area contributed by atoms with Crippen LogP contribution in [0.1, 0.15) is 24.1 Å². The lowest BCUT2D eigenvalue weighted by Crippen LogP contribution is -2.24. The lowest BCUT2D eigenvalue weighted by Gasteiger charge is -2.14. The summed E-state index contributed by atoms with van der Waals surface area (Å²) in [6.45, 7) is 1.91. The van der Waals surface area contributed by atoms with E-state index in [4.69, 9.17) is 16.3 Å². The minimum atomic E-state index is -0.206. The molecule has 0 aliphatic rings. The van der Waals surface area contributed by atoms with Gasteiger partial charge in [-0.15, -0.1) is 0 Å². The largest absolute Gasteiger partial charge is 0.437 e. The Morgan fingerprint density at radius 1 is 1.19 bits per heavy atom. The van der Waals surface area contributed by atoms with E-state index in [1.165, 1.54) is 12.3 Å². The molecule has 0 aliphatic heterocycles. The van der Waals surface area contributed by atoms with E-state index in [0.717, 1.165) is 11.1 Å². The molecule has 1 amide bonds. The van der Waals surface area contributed by atoms with Crippen LogP contribution in [-0.2, 0) is 4.79 Å². The molecule has 1 heterocycles. The number of nitrogens with zero attached hydrogens (tertiary/aromatic N) is 2. The van der Waals surface area contributed by atoms with Gasteiger partial charge in [-0.1, -0.05) is 41.9 Å². The van der Waals surface area contributed by atoms with Gasteiger partial charge in [-0.05, 0) is 42.3 Å². The molecule has 6 heteroatoms. The Hall–Kier alpha value is -3.18. The summed E-state index contributed by atoms with van der Waals surface area (Å²) in [5.41, 5.74) is 1.71. The molecule has 1 N–H and O–H groups in total. The maximum absolute atomic E-state index is 12.2. The van der Waals surface area contributed by atoms with Crippen molar-refractivity contribution in [3.05, 3.63) is 89.3 Å². The van der Waals surface area contributed by atoms with Gasteiger partial charge in [-0.25, -0.2) is 4.98 Å². The third-order valence-electron chi connectivity index (χ3n) is 3.80. The predicted molar refractivity (Wildman–Crippen MR) is 106 cm³/mol. The Balaban J connectivity index is 1.63. The van der Waals surface area contributed by atoms with E-state index in [2.05, 4.69) is 15.3 Å². The minimum Gasteiger partial charge on any atom is -0.437 e. The fourth-order valence-corrected chi connectivity index (χ4v) is 2.63. The molecule has 0 radical (unpaired) electrons. The monoisotopic (exact) mass is 379 g/mol. The van der Waals surface area contributed by atoms with Crippen LogP contribution in [0, 0.1) is 0 Å². The van der Waals surface area contributed by atoms with E-state index >= 15 is 0 Å². The predicted octanol–water partition coefficient (Wildman–Crippen LogP) is 4.81. The van der Waals surface area contributed by atoms with Gasteiger partial charge in [0, 0.05) is 23.5 Å². The van der Waals surface area contributed by atoms with Crippen LogP contribution in [0.3, 0.4) is 0 Å². The van der Waals surface area contributed by atoms with Gasteiger partial charge in [0.1, 0.15) is 5.75 Å². The molecule has 136 valence electrons. The minimum absolute atomic E-state index is 0.196. The summed E-state index contributed by atoms with van der Waals surface area (Å²) in [5.74, 6) is 0.831. The Morgan fingerprint density at radius 2 is 2.04 bits per heavy atom. The number of amides is 1. The first-order valence-corrected chi connectivity index (χ1v) is 8.76. The molecule has 0 fully saturated rings. The summed E-state index contributed by atoms with van der Waals surface area (Å²) in [6.07, 6.45) is 7.84. The summed E-state index contributed by atoms with van der Waals surface area (Å²) >= 11 is 6.09. The SMILES string of the molecule is CC(NC(=O)/C=C/c1ccccc1Cl)c1cccc(Oc2cnccn2)c1. The first kappa shape index (κ1) is 18.6. The van der Waals surface area contributed by atoms with Crippen LogP contribution in [-0.4, -0.2) is 15.9 Å². The fourth-order valence-electron chi connectivity index (χ4n) is 2.43. The van der Waals surface area contributed by atoms with Crippen molar-refractivity contribution < 1.29 is 9.53 Å². The standard InChI is InChI=1S/C21H18ClN3O2/c1-15(25-20(26)10-9-16-5-2-3-8-19(16)22)17-6-4-7-18(13-17)27-21-14-23-11-12-24-21/h2-15H,1H3,(H,25,26)/b10-9+. The number of benzene rings is 2. The van der Waals surface area contributed by atoms with E-state index in [9.17, 15) is 4.79 Å². The molecule has 3 aromatic rings. The molecule has 0 saturated carbocycles. The van der Waals surface area contributed by atoms with Crippen LogP contribution in [0.15, 0.2) is 73.2 Å². The Morgan fingerprint density at radius 3 is 2.81 bits per heavy atom. The lowest BCUT2D eigenvalue weighted by atomic mass is 10.1. The number of carbonyl (C=O) groups is 1. The van der Waals surface area contributed by atoms with Crippen molar-refractivity contribution in [3.8, 4) is 11.6 Å². The molecule has 1 aromatic heterocycles. The summed E-state index contributed by atoms with van der Waals surface area (Å²) in [7, 11) is 0. The van der Waals surface area contributed by atoms with Gasteiger partial charge in [0.2, 0.25) is 11.8 Å². The van der Waals surface area contributed by atoms with Crippen molar-refractivity contribution in [1.29, 1.82) is 0 Å². The first-order chi connectivity index (χ1) is 13.1. The number of halogens is 1. The highest BCUT2D eigenvalue weighted by Gasteiger charge is 2.09. The highest BCUT2D eigenvalue weighted by molar-refractivity contribution is 6.32. The van der Waals surface area contributed by atoms with E-state index in [-0.39, 0.29) is 11.9 Å². The number of hydrogen-bond acceptors (Lipinski definition) is 4. The Bertz CT molecular complexity index is 945. The third-order valence-corrected chi connectivity index (χ3v) is 4.14. The molecule has 0 saturated heterocycles. The van der Waals surface area contributed by atoms with Gasteiger partial charge in [-0.3, -0.25) is 9.78 Å². The highest BCUT2D eigenvalue weighted by Crippen LogP contribution is 2.23. The number of nitrogens with one attached hydrogen (secondary N) is 1. The summed E-state index contributed by atoms with van der Waals surface area (Å²) in [5, 5.41) is 3.53. The van der Waals surface area contributed by atoms with Crippen LogP contribution in [0.5, 0.6) is 11.6 Å². The average Bonchev–Trinajstić information content (AvgIpc) is 2.68. The van der Waals surface area contributed by atoms with E-state index < -0.39 is 0 Å². The van der Waals surface area contributed by atoms with Gasteiger partial charge < -0.3 is 10.1 Å². The van der Waals surface area contributed by atoms with Gasteiger partial charge in [-0.2, -0.15) is 0 Å². The van der Waals surface area contributed by atoms with Gasteiger partial charge >= 0.3 is 0 Å². The molecule has 0 bridgehead atoms. The summed E-state index contributed by atoms with van der Waals surface area (Å²) in [4.78, 5) is 20.2. The lowest BCUT2D eigenvalue weighted by molar-refractivity contribution is -0.117. The van der Waals surface area contributed by atoms with E-state index in [1.807, 2.05) is 49.4 Å². The van der Waals surface area contributed by atoms with Crippen molar-refractivity contribution in [3.63, 3.8) is 0 Å². The Labute approximate surface area is 162 Å². The zero-order chi connectivity index (χ0) is 19.1. The number of carbonyl (C=O) groups excluding carboxylic acids is 1. The summed E-state index contributed by atoms with van der Waals surface area (Å²) in [6, 6.07) is 14.6. The van der Waals surface area contributed by atoms with Crippen molar-refractivity contribution >= 4 is 23.6 Å². The topological polar surface area (TPSA) is 64.1 Å². The molecule has 3 rings (SSSR count). The molecule has 27 heavy (non-hydrogen) atoms. The number of aromatic nitrogens is 2. The van der Waals surface area contributed by atoms with E-state index in [0.29, 0.717) is 16.7 Å². The highest BCUT2D eigenvalue weighted by atomic mass is 35.5. The number of hydrogen-bond donors (Lipinski definition) is 1. The first-order valence-electron chi connectivity index (χ1n) is 8.39. The van der Waals surface area contributed by atoms with Crippen LogP contribution in [0.2, 0.25) is 5.02 Å². The second-order valence-electron chi connectivity index (χ2n) is 5.80. The second-order valence-corrected chi connectivity index (χ2v) is 6.21. The van der Waals surface area contributed by atoms with Gasteiger partial charge in [0.25, 0.3) is 0 Å². The maximum atomic E-state index is 12.2. The maximum Gasteiger partial charge on any atom is 0.244 e. The molecule has 1 unspecified atom stereocenters. The van der Waals surface area contributed by atoms with Crippen molar-refractivity contribution in [2.24, 2.45) is 0 Å². The van der Waals surface area contributed by atoms with Gasteiger partial charge in [0.05, 0.1) is 12.2 Å². The van der Waals surface area contributed by atoms with Crippen molar-refractivity contribution in [1.82, 2.24) is 15.3 Å². The number of ether oxygens (including phenoxy) is 1. The third kappa shape index (κ3) is 5.39. The molecule has 0 aliphatic carbocycles. The van der Waals surface area contributed by atoms with E-state index in [1.54, 1.807) is 24.5 Å². The summed E-state index contributed by atoms with van der Waals surface area (Å²) < 4.78 is 5.68. The van der Waals surface area contributed by atoms with Crippen LogP contribution in [0.4, 0.5) is 0 Å².